The summed E-state index contributed by atoms with van der Waals surface area (Å²) < 4.78 is 13.6. The van der Waals surface area contributed by atoms with Gasteiger partial charge in [-0.2, -0.15) is 4.98 Å². The van der Waals surface area contributed by atoms with Crippen LogP contribution in [0.15, 0.2) is 33.9 Å². The maximum absolute atomic E-state index is 12.5. The lowest BCUT2D eigenvalue weighted by Gasteiger charge is -2.16. The Morgan fingerprint density at radius 1 is 1.23 bits per heavy atom. The van der Waals surface area contributed by atoms with Gasteiger partial charge in [-0.3, -0.25) is 14.3 Å². The molecule has 2 heterocycles. The molecule has 3 rings (SSSR count). The smallest absolute Gasteiger partial charge is 0.329 e. The van der Waals surface area contributed by atoms with Crippen LogP contribution >= 0.6 is 0 Å². The van der Waals surface area contributed by atoms with Crippen molar-refractivity contribution < 1.29 is 14.6 Å². The second-order valence-corrected chi connectivity index (χ2v) is 6.96. The van der Waals surface area contributed by atoms with Crippen molar-refractivity contribution in [1.82, 2.24) is 19.1 Å². The first-order valence-corrected chi connectivity index (χ1v) is 9.83. The number of unbranched alkanes of at least 4 members (excludes halogenated alkanes) is 1. The second kappa shape index (κ2) is 9.49. The molecule has 0 aliphatic carbocycles. The maximum atomic E-state index is 12.5. The van der Waals surface area contributed by atoms with E-state index in [9.17, 15) is 14.7 Å². The number of rotatable bonds is 10. The van der Waals surface area contributed by atoms with Gasteiger partial charge in [0.1, 0.15) is 24.2 Å². The Labute approximate surface area is 173 Å². The highest BCUT2D eigenvalue weighted by atomic mass is 16.5. The van der Waals surface area contributed by atoms with Crippen molar-refractivity contribution in [2.45, 2.75) is 32.4 Å². The van der Waals surface area contributed by atoms with E-state index in [4.69, 9.17) is 9.47 Å². The third kappa shape index (κ3) is 4.65. The molecule has 0 radical (unpaired) electrons. The van der Waals surface area contributed by atoms with Crippen LogP contribution in [-0.2, 0) is 13.6 Å². The number of methoxy groups -OCH3 is 1. The monoisotopic (exact) mass is 417 g/mol. The van der Waals surface area contributed by atoms with Crippen molar-refractivity contribution in [2.75, 3.05) is 25.6 Å². The molecule has 0 amide bonds. The molecule has 10 nitrogen and oxygen atoms in total. The predicted octanol–water partition coefficient (Wildman–Crippen LogP) is 1.08. The topological polar surface area (TPSA) is 123 Å². The summed E-state index contributed by atoms with van der Waals surface area (Å²) in [6.45, 7) is 2.82. The van der Waals surface area contributed by atoms with Gasteiger partial charge in [0.2, 0.25) is 5.95 Å². The van der Waals surface area contributed by atoms with Gasteiger partial charge in [0.25, 0.3) is 5.56 Å². The fourth-order valence-electron chi connectivity index (χ4n) is 3.05. The zero-order valence-corrected chi connectivity index (χ0v) is 17.3. The first-order chi connectivity index (χ1) is 14.4. The van der Waals surface area contributed by atoms with Gasteiger partial charge in [0, 0.05) is 13.6 Å². The van der Waals surface area contributed by atoms with Crippen LogP contribution < -0.4 is 26.0 Å². The molecule has 3 aromatic rings. The number of H-pyrrole nitrogens is 1. The summed E-state index contributed by atoms with van der Waals surface area (Å²) in [6, 6.07) is 7.02. The van der Waals surface area contributed by atoms with Gasteiger partial charge in [0.05, 0.1) is 13.7 Å². The lowest BCUT2D eigenvalue weighted by Crippen LogP contribution is -2.31. The molecule has 0 fully saturated rings. The van der Waals surface area contributed by atoms with Crippen molar-refractivity contribution in [3.05, 3.63) is 45.1 Å². The first kappa shape index (κ1) is 21.4. The number of fused-ring (bicyclic) bond motifs is 1. The van der Waals surface area contributed by atoms with E-state index in [0.29, 0.717) is 24.0 Å². The number of aromatic nitrogens is 4. The van der Waals surface area contributed by atoms with Crippen molar-refractivity contribution >= 4 is 17.1 Å². The highest BCUT2D eigenvalue weighted by Crippen LogP contribution is 2.19. The van der Waals surface area contributed by atoms with Crippen LogP contribution in [0.25, 0.3) is 11.2 Å². The van der Waals surface area contributed by atoms with E-state index in [-0.39, 0.29) is 24.3 Å². The number of ether oxygens (including phenoxy) is 2. The predicted molar refractivity (Wildman–Crippen MR) is 113 cm³/mol. The number of nitrogens with zero attached hydrogens (tertiary/aromatic N) is 3. The zero-order valence-electron chi connectivity index (χ0n) is 17.3. The van der Waals surface area contributed by atoms with Gasteiger partial charge in [0.15, 0.2) is 11.2 Å². The Morgan fingerprint density at radius 2 is 1.93 bits per heavy atom. The average molecular weight is 417 g/mol. The highest BCUT2D eigenvalue weighted by Gasteiger charge is 2.19. The van der Waals surface area contributed by atoms with Crippen LogP contribution in [0.2, 0.25) is 0 Å². The minimum Gasteiger partial charge on any atom is -0.497 e. The third-order valence-corrected chi connectivity index (χ3v) is 4.72. The molecule has 1 atom stereocenters. The molecule has 1 aromatic carbocycles. The standard InChI is InChI=1S/C20H27N5O5/c1-4-5-10-21-19-22-17-16(18(27)23-20(28)24(17)2)25(19)11-13(26)12-30-15-8-6-14(29-3)7-9-15/h6-9,13,26H,4-5,10-12H2,1-3H3,(H,21,22)(H,23,27,28). The number of aryl methyl sites for hydroxylation is 1. The fraction of sp³-hybridized carbons (Fsp3) is 0.450. The van der Waals surface area contributed by atoms with Crippen LogP contribution in [0.1, 0.15) is 19.8 Å². The van der Waals surface area contributed by atoms with E-state index in [1.54, 1.807) is 35.9 Å². The Balaban J connectivity index is 1.83. The number of imidazole rings is 1. The van der Waals surface area contributed by atoms with Crippen molar-refractivity contribution in [3.63, 3.8) is 0 Å². The maximum Gasteiger partial charge on any atom is 0.329 e. The number of anilines is 1. The van der Waals surface area contributed by atoms with Crippen LogP contribution in [0, 0.1) is 0 Å². The summed E-state index contributed by atoms with van der Waals surface area (Å²) >= 11 is 0. The van der Waals surface area contributed by atoms with Crippen LogP contribution in [0.4, 0.5) is 5.95 Å². The quantitative estimate of drug-likeness (QED) is 0.422. The number of benzene rings is 1. The molecule has 30 heavy (non-hydrogen) atoms. The molecule has 3 N–H and O–H groups in total. The van der Waals surface area contributed by atoms with E-state index < -0.39 is 17.4 Å². The van der Waals surface area contributed by atoms with Gasteiger partial charge in [-0.15, -0.1) is 0 Å². The summed E-state index contributed by atoms with van der Waals surface area (Å²) in [5.74, 6) is 1.72. The van der Waals surface area contributed by atoms with E-state index in [2.05, 4.69) is 22.2 Å². The molecule has 0 bridgehead atoms. The molecule has 0 saturated carbocycles. The lowest BCUT2D eigenvalue weighted by molar-refractivity contribution is 0.0938. The van der Waals surface area contributed by atoms with Crippen LogP contribution in [-0.4, -0.2) is 50.6 Å². The molecule has 10 heteroatoms. The fourth-order valence-corrected chi connectivity index (χ4v) is 3.05. The van der Waals surface area contributed by atoms with Gasteiger partial charge >= 0.3 is 5.69 Å². The van der Waals surface area contributed by atoms with Crippen LogP contribution in [0.5, 0.6) is 11.5 Å². The van der Waals surface area contributed by atoms with Crippen molar-refractivity contribution in [3.8, 4) is 11.5 Å². The van der Waals surface area contributed by atoms with E-state index in [1.807, 2.05) is 0 Å². The van der Waals surface area contributed by atoms with Gasteiger partial charge in [-0.1, -0.05) is 13.3 Å². The SMILES string of the molecule is CCCCNc1nc2c(c(=O)[nH]c(=O)n2C)n1CC(O)COc1ccc(OC)cc1. The highest BCUT2D eigenvalue weighted by molar-refractivity contribution is 5.74. The minimum atomic E-state index is -0.909. The molecule has 0 aliphatic heterocycles. The molecular weight excluding hydrogens is 390 g/mol. The Kier molecular flexibility index (Phi) is 6.78. The van der Waals surface area contributed by atoms with Crippen molar-refractivity contribution in [1.29, 1.82) is 0 Å². The lowest BCUT2D eigenvalue weighted by atomic mass is 10.3. The summed E-state index contributed by atoms with van der Waals surface area (Å²) in [6.07, 6.45) is 1.000. The number of hydrogen-bond donors (Lipinski definition) is 3. The normalized spacial score (nSPS) is 12.1. The zero-order chi connectivity index (χ0) is 21.7. The average Bonchev–Trinajstić information content (AvgIpc) is 3.10. The Morgan fingerprint density at radius 3 is 2.60 bits per heavy atom. The summed E-state index contributed by atoms with van der Waals surface area (Å²) in [5, 5.41) is 13.7. The molecule has 0 spiro atoms. The second-order valence-electron chi connectivity index (χ2n) is 6.96. The number of aliphatic hydroxyl groups is 1. The van der Waals surface area contributed by atoms with Gasteiger partial charge in [-0.25, -0.2) is 4.79 Å². The molecular formula is C20H27N5O5. The summed E-state index contributed by atoms with van der Waals surface area (Å²) in [7, 11) is 3.12. The van der Waals surface area contributed by atoms with E-state index in [1.165, 1.54) is 11.6 Å². The third-order valence-electron chi connectivity index (χ3n) is 4.72. The largest absolute Gasteiger partial charge is 0.497 e. The minimum absolute atomic E-state index is 0.0179. The van der Waals surface area contributed by atoms with E-state index >= 15 is 0 Å². The van der Waals surface area contributed by atoms with E-state index in [0.717, 1.165) is 12.8 Å². The number of hydrogen-bond acceptors (Lipinski definition) is 7. The van der Waals surface area contributed by atoms with Gasteiger partial charge < -0.3 is 24.5 Å². The molecule has 0 saturated heterocycles. The number of aromatic amines is 1. The molecule has 162 valence electrons. The Hall–Kier alpha value is -3.27. The molecule has 2 aromatic heterocycles. The molecule has 0 aliphatic rings. The number of nitrogens with one attached hydrogen (secondary N) is 2. The first-order valence-electron chi connectivity index (χ1n) is 9.83. The number of aliphatic hydroxyl groups excluding tert-OH is 1. The molecule has 1 unspecified atom stereocenters. The van der Waals surface area contributed by atoms with Crippen LogP contribution in [0.3, 0.4) is 0 Å². The Bertz CT molecular complexity index is 1100. The van der Waals surface area contributed by atoms with Crippen molar-refractivity contribution in [2.24, 2.45) is 7.05 Å². The summed E-state index contributed by atoms with van der Waals surface area (Å²) in [5.41, 5.74) is -0.612. The van der Waals surface area contributed by atoms with Gasteiger partial charge in [-0.05, 0) is 30.7 Å². The summed E-state index contributed by atoms with van der Waals surface area (Å²) in [4.78, 5) is 31.1.